The third-order valence-electron chi connectivity index (χ3n) is 4.46. The Hall–Kier alpha value is -3.08. The van der Waals surface area contributed by atoms with E-state index in [-0.39, 0.29) is 11.6 Å². The number of anilines is 3. The van der Waals surface area contributed by atoms with E-state index in [0.29, 0.717) is 52.4 Å². The number of nitrogens with one attached hydrogen (secondary N) is 2. The number of nitrogens with zero attached hydrogens (tertiary/aromatic N) is 3. The van der Waals surface area contributed by atoms with Gasteiger partial charge in [-0.3, -0.25) is 4.79 Å². The highest BCUT2D eigenvalue weighted by molar-refractivity contribution is 9.10. The van der Waals surface area contributed by atoms with E-state index in [9.17, 15) is 9.18 Å². The van der Waals surface area contributed by atoms with Crippen LogP contribution in [0.1, 0.15) is 0 Å². The van der Waals surface area contributed by atoms with Gasteiger partial charge in [-0.25, -0.2) is 14.4 Å². The van der Waals surface area contributed by atoms with Crippen molar-refractivity contribution in [2.45, 2.75) is 0 Å². The Morgan fingerprint density at radius 1 is 1.18 bits per heavy atom. The lowest BCUT2D eigenvalue weighted by atomic mass is 10.1. The van der Waals surface area contributed by atoms with Gasteiger partial charge >= 0.3 is 0 Å². The van der Waals surface area contributed by atoms with E-state index in [1.54, 1.807) is 37.5 Å². The largest absolute Gasteiger partial charge is 0.489 e. The fourth-order valence-corrected chi connectivity index (χ4v) is 3.23. The van der Waals surface area contributed by atoms with Crippen molar-refractivity contribution in [3.8, 4) is 5.75 Å². The van der Waals surface area contributed by atoms with Crippen LogP contribution in [0.2, 0.25) is 0 Å². The molecule has 33 heavy (non-hydrogen) atoms. The number of carbonyl (C=O) groups excluding carboxylic acids is 1. The lowest BCUT2D eigenvalue weighted by Gasteiger charge is -2.15. The molecule has 0 spiro atoms. The molecule has 0 bridgehead atoms. The van der Waals surface area contributed by atoms with Crippen LogP contribution in [0.15, 0.2) is 53.3 Å². The summed E-state index contributed by atoms with van der Waals surface area (Å²) in [6, 6.07) is 8.10. The van der Waals surface area contributed by atoms with E-state index in [2.05, 4.69) is 36.5 Å². The van der Waals surface area contributed by atoms with E-state index in [0.717, 1.165) is 0 Å². The minimum absolute atomic E-state index is 0.260. The Morgan fingerprint density at radius 3 is 2.73 bits per heavy atom. The predicted molar refractivity (Wildman–Crippen MR) is 131 cm³/mol. The van der Waals surface area contributed by atoms with E-state index in [1.165, 1.54) is 18.5 Å². The molecule has 1 aromatic heterocycles. The Balaban J connectivity index is 1.97. The summed E-state index contributed by atoms with van der Waals surface area (Å²) in [5, 5.41) is 6.43. The Labute approximate surface area is 199 Å². The zero-order valence-corrected chi connectivity index (χ0v) is 20.1. The van der Waals surface area contributed by atoms with Crippen LogP contribution < -0.4 is 15.4 Å². The van der Waals surface area contributed by atoms with Crippen LogP contribution in [-0.2, 0) is 9.53 Å². The van der Waals surface area contributed by atoms with Crippen LogP contribution in [0.3, 0.4) is 0 Å². The van der Waals surface area contributed by atoms with Crippen LogP contribution in [0.4, 0.5) is 21.6 Å². The molecule has 0 aliphatic carbocycles. The molecular weight excluding hydrogens is 493 g/mol. The van der Waals surface area contributed by atoms with Gasteiger partial charge in [0, 0.05) is 35.7 Å². The predicted octanol–water partition coefficient (Wildman–Crippen LogP) is 4.36. The van der Waals surface area contributed by atoms with Gasteiger partial charge in [-0.15, -0.1) is 0 Å². The molecule has 0 aliphatic heterocycles. The molecule has 3 aromatic rings. The molecule has 3 rings (SSSR count). The molecule has 0 atom stereocenters. The first-order valence-electron chi connectivity index (χ1n) is 10.1. The number of fused-ring (bicyclic) bond motifs is 1. The summed E-state index contributed by atoms with van der Waals surface area (Å²) in [4.78, 5) is 23.0. The van der Waals surface area contributed by atoms with Gasteiger partial charge in [-0.2, -0.15) is 0 Å². The molecule has 0 saturated heterocycles. The van der Waals surface area contributed by atoms with Gasteiger partial charge in [0.1, 0.15) is 30.3 Å². The minimum Gasteiger partial charge on any atom is -0.489 e. The molecule has 0 radical (unpaired) electrons. The van der Waals surface area contributed by atoms with E-state index < -0.39 is 5.82 Å². The number of ether oxygens (including phenoxy) is 2. The maximum Gasteiger partial charge on any atom is 0.248 e. The Kier molecular flexibility index (Phi) is 8.70. The van der Waals surface area contributed by atoms with Crippen LogP contribution in [0, 0.1) is 5.82 Å². The maximum absolute atomic E-state index is 14.4. The normalized spacial score (nSPS) is 11.3. The zero-order valence-electron chi connectivity index (χ0n) is 18.6. The van der Waals surface area contributed by atoms with Crippen molar-refractivity contribution in [2.24, 2.45) is 0 Å². The van der Waals surface area contributed by atoms with Crippen molar-refractivity contribution in [1.29, 1.82) is 0 Å². The lowest BCUT2D eigenvalue weighted by Crippen LogP contribution is -2.14. The second-order valence-corrected chi connectivity index (χ2v) is 8.25. The van der Waals surface area contributed by atoms with Gasteiger partial charge in [-0.05, 0) is 38.4 Å². The highest BCUT2D eigenvalue weighted by atomic mass is 79.9. The minimum atomic E-state index is -0.435. The number of aromatic nitrogens is 2. The van der Waals surface area contributed by atoms with Crippen LogP contribution in [-0.4, -0.2) is 61.7 Å². The van der Waals surface area contributed by atoms with Crippen molar-refractivity contribution in [1.82, 2.24) is 14.9 Å². The summed E-state index contributed by atoms with van der Waals surface area (Å²) >= 11 is 3.25. The molecule has 0 unspecified atom stereocenters. The van der Waals surface area contributed by atoms with E-state index in [4.69, 9.17) is 9.47 Å². The standard InChI is InChI=1S/C23H25BrFN5O3/c1-30(2)8-4-5-22(31)28-20-12-16-19(13-21(20)33-10-9-32-3)26-14-27-23(16)29-18-7-6-15(24)11-17(18)25/h4-7,11-14H,8-10H2,1-3H3,(H,28,31)(H,26,27,29)/b5-4+. The second kappa shape index (κ2) is 11.7. The molecule has 0 fully saturated rings. The molecule has 2 N–H and O–H groups in total. The summed E-state index contributed by atoms with van der Waals surface area (Å²) < 4.78 is 25.8. The van der Waals surface area contributed by atoms with Gasteiger partial charge < -0.3 is 25.0 Å². The zero-order chi connectivity index (χ0) is 23.8. The summed E-state index contributed by atoms with van der Waals surface area (Å²) in [6.07, 6.45) is 4.60. The molecule has 1 amide bonds. The summed E-state index contributed by atoms with van der Waals surface area (Å²) in [5.74, 6) is 0.0880. The molecule has 10 heteroatoms. The number of carbonyl (C=O) groups is 1. The van der Waals surface area contributed by atoms with E-state index >= 15 is 0 Å². The monoisotopic (exact) mass is 517 g/mol. The summed E-state index contributed by atoms with van der Waals surface area (Å²) in [7, 11) is 5.40. The average Bonchev–Trinajstić information content (AvgIpc) is 2.76. The van der Waals surface area contributed by atoms with Gasteiger partial charge in [-0.1, -0.05) is 22.0 Å². The van der Waals surface area contributed by atoms with Gasteiger partial charge in [0.2, 0.25) is 5.91 Å². The molecule has 0 aliphatic rings. The molecule has 174 valence electrons. The van der Waals surface area contributed by atoms with E-state index in [1.807, 2.05) is 19.0 Å². The smallest absolute Gasteiger partial charge is 0.248 e. The fourth-order valence-electron chi connectivity index (χ4n) is 2.90. The van der Waals surface area contributed by atoms with Crippen molar-refractivity contribution in [2.75, 3.05) is 51.6 Å². The first-order chi connectivity index (χ1) is 15.9. The maximum atomic E-state index is 14.4. The number of rotatable bonds is 10. The second-order valence-electron chi connectivity index (χ2n) is 7.33. The number of methoxy groups -OCH3 is 1. The third kappa shape index (κ3) is 6.95. The van der Waals surface area contributed by atoms with Crippen LogP contribution in [0.25, 0.3) is 10.9 Å². The van der Waals surface area contributed by atoms with Crippen molar-refractivity contribution in [3.05, 3.63) is 59.1 Å². The topological polar surface area (TPSA) is 88.6 Å². The highest BCUT2D eigenvalue weighted by Crippen LogP contribution is 2.34. The van der Waals surface area contributed by atoms with Crippen molar-refractivity contribution < 1.29 is 18.7 Å². The fraction of sp³-hybridized carbons (Fsp3) is 0.261. The first kappa shape index (κ1) is 24.6. The SMILES string of the molecule is COCCOc1cc2ncnc(Nc3ccc(Br)cc3F)c2cc1NC(=O)/C=C/CN(C)C. The molecule has 0 saturated carbocycles. The summed E-state index contributed by atoms with van der Waals surface area (Å²) in [6.45, 7) is 1.30. The Morgan fingerprint density at radius 2 is 2.00 bits per heavy atom. The van der Waals surface area contributed by atoms with Gasteiger partial charge in [0.25, 0.3) is 0 Å². The number of hydrogen-bond acceptors (Lipinski definition) is 7. The average molecular weight is 518 g/mol. The number of likely N-dealkylation sites (N-methyl/N-ethyl adjacent to an activating group) is 1. The van der Waals surface area contributed by atoms with Crippen LogP contribution in [0.5, 0.6) is 5.75 Å². The molecule has 8 nitrogen and oxygen atoms in total. The molecule has 2 aromatic carbocycles. The molecule has 1 heterocycles. The van der Waals surface area contributed by atoms with Crippen LogP contribution >= 0.6 is 15.9 Å². The first-order valence-corrected chi connectivity index (χ1v) is 10.9. The number of benzene rings is 2. The van der Waals surface area contributed by atoms with Gasteiger partial charge in [0.15, 0.2) is 0 Å². The molecular formula is C23H25BrFN5O3. The lowest BCUT2D eigenvalue weighted by molar-refractivity contribution is -0.111. The third-order valence-corrected chi connectivity index (χ3v) is 4.96. The Bertz CT molecular complexity index is 1160. The summed E-state index contributed by atoms with van der Waals surface area (Å²) in [5.41, 5.74) is 1.27. The number of halogens is 2. The highest BCUT2D eigenvalue weighted by Gasteiger charge is 2.14. The number of amides is 1. The van der Waals surface area contributed by atoms with Crippen molar-refractivity contribution in [3.63, 3.8) is 0 Å². The number of hydrogen-bond donors (Lipinski definition) is 2. The van der Waals surface area contributed by atoms with Crippen molar-refractivity contribution >= 4 is 49.9 Å². The van der Waals surface area contributed by atoms with Gasteiger partial charge in [0.05, 0.1) is 23.5 Å². The quantitative estimate of drug-likeness (QED) is 0.305.